The Morgan fingerprint density at radius 1 is 1.06 bits per heavy atom. The number of hydrogen-bond donors (Lipinski definition) is 3. The zero-order valence-corrected chi connectivity index (χ0v) is 23.9. The third-order valence-corrected chi connectivity index (χ3v) is 8.68. The summed E-state index contributed by atoms with van der Waals surface area (Å²) in [7, 11) is 1.57. The topological polar surface area (TPSA) is 115 Å². The second-order valence-corrected chi connectivity index (χ2v) is 12.2. The Kier molecular flexibility index (Phi) is 11.2. The van der Waals surface area contributed by atoms with Gasteiger partial charge in [-0.2, -0.15) is 0 Å². The molecule has 0 radical (unpaired) electrons. The van der Waals surface area contributed by atoms with Gasteiger partial charge in [0, 0.05) is 13.5 Å². The van der Waals surface area contributed by atoms with Crippen LogP contribution in [-0.2, 0) is 23.7 Å². The van der Waals surface area contributed by atoms with Crippen molar-refractivity contribution >= 4 is 5.97 Å². The molecule has 2 fully saturated rings. The first-order valence-electron chi connectivity index (χ1n) is 13.8. The summed E-state index contributed by atoms with van der Waals surface area (Å²) < 4.78 is 24.0. The predicted molar refractivity (Wildman–Crippen MR) is 137 cm³/mol. The molecule has 0 aromatic heterocycles. The predicted octanol–water partition coefficient (Wildman–Crippen LogP) is 3.82. The van der Waals surface area contributed by atoms with Gasteiger partial charge in [-0.3, -0.25) is 4.79 Å². The summed E-state index contributed by atoms with van der Waals surface area (Å²) in [5.41, 5.74) is -2.08. The molecule has 0 aliphatic carbocycles. The molecular formula is C28H52O8. The van der Waals surface area contributed by atoms with Gasteiger partial charge in [0.05, 0.1) is 35.4 Å². The largest absolute Gasteiger partial charge is 0.459 e. The van der Waals surface area contributed by atoms with E-state index in [0.717, 1.165) is 12.8 Å². The summed E-state index contributed by atoms with van der Waals surface area (Å²) in [6.07, 6.45) is -0.456. The van der Waals surface area contributed by atoms with E-state index in [1.807, 2.05) is 20.8 Å². The Balaban J connectivity index is 2.34. The summed E-state index contributed by atoms with van der Waals surface area (Å²) in [5, 5.41) is 32.5. The second kappa shape index (κ2) is 12.9. The van der Waals surface area contributed by atoms with E-state index in [1.165, 1.54) is 0 Å². The molecule has 0 aromatic carbocycles. The van der Waals surface area contributed by atoms with Crippen molar-refractivity contribution in [1.29, 1.82) is 0 Å². The van der Waals surface area contributed by atoms with Gasteiger partial charge in [0.15, 0.2) is 6.29 Å². The molecule has 2 aliphatic rings. The Hall–Kier alpha value is -0.770. The number of carbonyl (C=O) groups excluding carboxylic acids is 1. The number of hydrogen-bond acceptors (Lipinski definition) is 8. The van der Waals surface area contributed by atoms with E-state index in [2.05, 4.69) is 20.8 Å². The second-order valence-electron chi connectivity index (χ2n) is 12.2. The van der Waals surface area contributed by atoms with Crippen LogP contribution < -0.4 is 0 Å². The molecule has 212 valence electrons. The zero-order chi connectivity index (χ0) is 27.4. The molecule has 36 heavy (non-hydrogen) atoms. The fraction of sp³-hybridized carbons (Fsp3) is 0.964. The fourth-order valence-electron chi connectivity index (χ4n) is 6.09. The number of aliphatic hydroxyl groups excluding tert-OH is 2. The minimum atomic E-state index is -1.25. The first-order chi connectivity index (χ1) is 16.6. The van der Waals surface area contributed by atoms with Crippen LogP contribution in [-0.4, -0.2) is 76.4 Å². The fourth-order valence-corrected chi connectivity index (χ4v) is 6.09. The van der Waals surface area contributed by atoms with E-state index in [-0.39, 0.29) is 11.8 Å². The van der Waals surface area contributed by atoms with Crippen LogP contribution in [0.25, 0.3) is 0 Å². The van der Waals surface area contributed by atoms with Crippen LogP contribution in [0, 0.1) is 23.7 Å². The van der Waals surface area contributed by atoms with Crippen molar-refractivity contribution in [1.82, 2.24) is 0 Å². The van der Waals surface area contributed by atoms with Gasteiger partial charge in [-0.1, -0.05) is 27.7 Å². The first-order valence-corrected chi connectivity index (χ1v) is 13.8. The van der Waals surface area contributed by atoms with Gasteiger partial charge in [0.2, 0.25) is 0 Å². The Labute approximate surface area is 218 Å². The average Bonchev–Trinajstić information content (AvgIpc) is 2.81. The summed E-state index contributed by atoms with van der Waals surface area (Å²) in [5.74, 6) is -0.645. The Morgan fingerprint density at radius 3 is 2.25 bits per heavy atom. The van der Waals surface area contributed by atoms with Crippen LogP contribution in [0.5, 0.6) is 0 Å². The maximum Gasteiger partial charge on any atom is 0.311 e. The van der Waals surface area contributed by atoms with E-state index < -0.39 is 59.9 Å². The summed E-state index contributed by atoms with van der Waals surface area (Å²) in [6, 6.07) is 0. The molecule has 0 saturated carbocycles. The molecule has 0 spiro atoms. The zero-order valence-electron chi connectivity index (χ0n) is 23.9. The van der Waals surface area contributed by atoms with Gasteiger partial charge in [0.1, 0.15) is 12.2 Å². The Bertz CT molecular complexity index is 699. The molecule has 0 amide bonds. The van der Waals surface area contributed by atoms with E-state index in [9.17, 15) is 20.1 Å². The maximum absolute atomic E-state index is 13.4. The lowest BCUT2D eigenvalue weighted by atomic mass is 9.80. The van der Waals surface area contributed by atoms with E-state index in [1.54, 1.807) is 21.0 Å². The van der Waals surface area contributed by atoms with Crippen LogP contribution in [0.4, 0.5) is 0 Å². The molecule has 2 heterocycles. The molecular weight excluding hydrogens is 464 g/mol. The molecule has 2 rings (SSSR count). The lowest BCUT2D eigenvalue weighted by Crippen LogP contribution is -2.57. The number of carbonyl (C=O) groups is 1. The Morgan fingerprint density at radius 2 is 1.67 bits per heavy atom. The van der Waals surface area contributed by atoms with E-state index in [0.29, 0.717) is 31.6 Å². The van der Waals surface area contributed by atoms with Gasteiger partial charge in [-0.25, -0.2) is 0 Å². The van der Waals surface area contributed by atoms with Crippen LogP contribution in [0.3, 0.4) is 0 Å². The van der Waals surface area contributed by atoms with Gasteiger partial charge in [-0.15, -0.1) is 0 Å². The summed E-state index contributed by atoms with van der Waals surface area (Å²) in [4.78, 5) is 13.4. The van der Waals surface area contributed by atoms with Gasteiger partial charge in [0.25, 0.3) is 0 Å². The van der Waals surface area contributed by atoms with E-state index in [4.69, 9.17) is 18.9 Å². The minimum absolute atomic E-state index is 0.00465. The number of ether oxygens (including phenoxy) is 4. The number of methoxy groups -OCH3 is 1. The van der Waals surface area contributed by atoms with Gasteiger partial charge in [-0.05, 0) is 77.6 Å². The first kappa shape index (κ1) is 31.4. The molecule has 0 bridgehead atoms. The molecule has 4 unspecified atom stereocenters. The number of rotatable bonds is 4. The highest BCUT2D eigenvalue weighted by molar-refractivity contribution is 5.73. The van der Waals surface area contributed by atoms with Crippen LogP contribution in [0.15, 0.2) is 0 Å². The number of cyclic esters (lactones) is 1. The third-order valence-electron chi connectivity index (χ3n) is 8.68. The molecule has 12 atom stereocenters. The standard InChI is InChI=1S/C28H52O8/c1-10-22-27(7,32)12-11-21(29)17(3)13-16(2)14-18(4)24(19(5)26(31)35-22)36-23-15-28(8,33-9)25(30)20(6)34-23/h16-25,29-30,32H,10-15H2,1-9H3/t16-,17+,18+,19+,20?,21+,22+,23?,24-,25?,27-,28?/m0/s1. The van der Waals surface area contributed by atoms with Crippen molar-refractivity contribution < 1.29 is 39.1 Å². The molecule has 8 heteroatoms. The van der Waals surface area contributed by atoms with Crippen molar-refractivity contribution in [3.8, 4) is 0 Å². The van der Waals surface area contributed by atoms with Gasteiger partial charge >= 0.3 is 5.97 Å². The molecule has 8 nitrogen and oxygen atoms in total. The van der Waals surface area contributed by atoms with Crippen molar-refractivity contribution in [2.45, 2.75) is 142 Å². The molecule has 2 aliphatic heterocycles. The summed E-state index contributed by atoms with van der Waals surface area (Å²) in [6.45, 7) is 15.3. The molecule has 0 aromatic rings. The average molecular weight is 517 g/mol. The lowest BCUT2D eigenvalue weighted by molar-refractivity contribution is -0.295. The highest BCUT2D eigenvalue weighted by atomic mass is 16.7. The quantitative estimate of drug-likeness (QED) is 0.483. The van der Waals surface area contributed by atoms with Crippen molar-refractivity contribution in [3.63, 3.8) is 0 Å². The minimum Gasteiger partial charge on any atom is -0.459 e. The maximum atomic E-state index is 13.4. The van der Waals surface area contributed by atoms with E-state index >= 15 is 0 Å². The lowest BCUT2D eigenvalue weighted by Gasteiger charge is -2.46. The smallest absolute Gasteiger partial charge is 0.311 e. The number of esters is 1. The highest BCUT2D eigenvalue weighted by Crippen LogP contribution is 2.37. The van der Waals surface area contributed by atoms with Crippen molar-refractivity contribution in [2.24, 2.45) is 23.7 Å². The van der Waals surface area contributed by atoms with Crippen molar-refractivity contribution in [2.75, 3.05) is 7.11 Å². The SMILES string of the molecule is CC[C@H]1OC(=O)[C@H](C)[C@@H](OC2CC(C)(OC)C(O)C(C)O2)[C@H](C)C[C@@H](C)C[C@@H](C)[C@H](O)CC[C@]1(C)O. The van der Waals surface area contributed by atoms with Crippen LogP contribution in [0.2, 0.25) is 0 Å². The normalized spacial score (nSPS) is 48.2. The monoisotopic (exact) mass is 516 g/mol. The number of aliphatic hydroxyl groups is 3. The molecule has 3 N–H and O–H groups in total. The van der Waals surface area contributed by atoms with Crippen molar-refractivity contribution in [3.05, 3.63) is 0 Å². The van der Waals surface area contributed by atoms with Gasteiger partial charge < -0.3 is 34.3 Å². The van der Waals surface area contributed by atoms with Crippen LogP contribution in [0.1, 0.15) is 93.9 Å². The third kappa shape index (κ3) is 7.64. The summed E-state index contributed by atoms with van der Waals surface area (Å²) >= 11 is 0. The molecule has 2 saturated heterocycles. The van der Waals surface area contributed by atoms with Crippen LogP contribution >= 0.6 is 0 Å². The highest BCUT2D eigenvalue weighted by Gasteiger charge is 2.47.